The molecule has 0 saturated heterocycles. The highest BCUT2D eigenvalue weighted by Crippen LogP contribution is 2.04. The fourth-order valence-corrected chi connectivity index (χ4v) is 2.29. The molecule has 0 spiro atoms. The van der Waals surface area contributed by atoms with Crippen molar-refractivity contribution in [2.24, 2.45) is 0 Å². The van der Waals surface area contributed by atoms with Crippen LogP contribution in [-0.4, -0.2) is 14.8 Å². The first kappa shape index (κ1) is 15.3. The Morgan fingerprint density at radius 1 is 1.33 bits per heavy atom. The smallest absolute Gasteiger partial charge is 0.389 e. The number of hydrogen-bond acceptors (Lipinski definition) is 2. The Balaban J connectivity index is 0.00000161. The number of aromatic nitrogens is 4. The van der Waals surface area contributed by atoms with Crippen LogP contribution in [0.5, 0.6) is 0 Å². The summed E-state index contributed by atoms with van der Waals surface area (Å²) in [6.07, 6.45) is 8.21. The van der Waals surface area contributed by atoms with E-state index >= 15 is 0 Å². The van der Waals surface area contributed by atoms with Crippen LogP contribution in [0.2, 0.25) is 0 Å². The molecule has 0 fully saturated rings. The van der Waals surface area contributed by atoms with Gasteiger partial charge < -0.3 is 12.4 Å². The number of hydrogen-bond donors (Lipinski definition) is 1. The van der Waals surface area contributed by atoms with Gasteiger partial charge in [0.25, 0.3) is 0 Å². The van der Waals surface area contributed by atoms with Crippen LogP contribution in [0.1, 0.15) is 19.8 Å². The highest BCUT2D eigenvalue weighted by atomic mass is 35.5. The second-order valence-corrected chi connectivity index (χ2v) is 4.71. The summed E-state index contributed by atoms with van der Waals surface area (Å²) >= 11 is 0. The van der Waals surface area contributed by atoms with Crippen molar-refractivity contribution in [3.8, 4) is 0 Å². The Kier molecular flexibility index (Phi) is 4.75. The molecule has 1 aromatic carbocycles. The Labute approximate surface area is 128 Å². The van der Waals surface area contributed by atoms with Gasteiger partial charge in [0.15, 0.2) is 6.33 Å². The van der Waals surface area contributed by atoms with E-state index in [-0.39, 0.29) is 18.0 Å². The molecule has 0 atom stereocenters. The molecule has 3 rings (SSSR count). The molecule has 2 aromatic heterocycles. The van der Waals surface area contributed by atoms with Crippen LogP contribution in [0, 0.1) is 0 Å². The van der Waals surface area contributed by atoms with Crippen LogP contribution < -0.4 is 22.4 Å². The predicted octanol–water partition coefficient (Wildman–Crippen LogP) is -1.18. The second kappa shape index (κ2) is 6.54. The average Bonchev–Trinajstić information content (AvgIpc) is 2.87. The lowest BCUT2D eigenvalue weighted by Crippen LogP contribution is -3.00. The standard InChI is InChI=1S/C15H16N4O.ClH/c1-2-3-4-7-10-18-11-19-13-9-6-5-8-12(13)14(20)16-15(19)17-18;/h3-6,8-9,11H,2,7,10H2,1H3;1H/b4-3+;. The molecular weight excluding hydrogens is 288 g/mol. The molecule has 110 valence electrons. The van der Waals surface area contributed by atoms with E-state index in [0.717, 1.165) is 24.9 Å². The number of H-pyrrole nitrogens is 1. The minimum atomic E-state index is -0.100. The molecule has 0 aliphatic heterocycles. The molecule has 0 amide bonds. The Morgan fingerprint density at radius 2 is 2.14 bits per heavy atom. The maximum absolute atomic E-state index is 12.0. The normalized spacial score (nSPS) is 11.3. The quantitative estimate of drug-likeness (QED) is 0.487. The Morgan fingerprint density at radius 3 is 2.95 bits per heavy atom. The number of para-hydroxylation sites is 1. The zero-order valence-corrected chi connectivity index (χ0v) is 12.5. The molecule has 0 unspecified atom stereocenters. The average molecular weight is 305 g/mol. The molecule has 0 radical (unpaired) electrons. The van der Waals surface area contributed by atoms with Crippen LogP contribution in [-0.2, 0) is 6.54 Å². The number of nitrogens with zero attached hydrogens (tertiary/aromatic N) is 3. The van der Waals surface area contributed by atoms with E-state index in [1.165, 1.54) is 0 Å². The zero-order chi connectivity index (χ0) is 13.9. The molecule has 0 aliphatic carbocycles. The third-order valence-electron chi connectivity index (χ3n) is 3.26. The molecule has 3 aromatic rings. The minimum absolute atomic E-state index is 0. The molecule has 0 aliphatic rings. The van der Waals surface area contributed by atoms with Crippen molar-refractivity contribution >= 4 is 16.7 Å². The number of allylic oxidation sites excluding steroid dienone is 2. The molecule has 1 N–H and O–H groups in total. The van der Waals surface area contributed by atoms with Crippen molar-refractivity contribution in [2.75, 3.05) is 0 Å². The lowest BCUT2D eigenvalue weighted by Gasteiger charge is -1.93. The highest BCUT2D eigenvalue weighted by molar-refractivity contribution is 5.74. The number of aromatic amines is 1. The van der Waals surface area contributed by atoms with Gasteiger partial charge in [-0.2, -0.15) is 4.40 Å². The number of aryl methyl sites for hydroxylation is 1. The highest BCUT2D eigenvalue weighted by Gasteiger charge is 2.13. The summed E-state index contributed by atoms with van der Waals surface area (Å²) in [5.41, 5.74) is 0.776. The summed E-state index contributed by atoms with van der Waals surface area (Å²) in [5, 5.41) is 5.09. The second-order valence-electron chi connectivity index (χ2n) is 4.71. The van der Waals surface area contributed by atoms with Gasteiger partial charge in [0.2, 0.25) is 0 Å². The monoisotopic (exact) mass is 304 g/mol. The molecule has 5 nitrogen and oxygen atoms in total. The van der Waals surface area contributed by atoms with E-state index in [0.29, 0.717) is 11.2 Å². The lowest BCUT2D eigenvalue weighted by molar-refractivity contribution is -0.485. The van der Waals surface area contributed by atoms with Crippen molar-refractivity contribution in [1.29, 1.82) is 0 Å². The van der Waals surface area contributed by atoms with Crippen LogP contribution in [0.15, 0.2) is 47.5 Å². The first-order valence-electron chi connectivity index (χ1n) is 6.84. The minimum Gasteiger partial charge on any atom is -1.00 e. The van der Waals surface area contributed by atoms with Gasteiger partial charge in [-0.1, -0.05) is 31.2 Å². The van der Waals surface area contributed by atoms with Gasteiger partial charge in [-0.05, 0) is 25.0 Å². The van der Waals surface area contributed by atoms with Crippen LogP contribution in [0.25, 0.3) is 16.7 Å². The van der Waals surface area contributed by atoms with E-state index in [1.807, 2.05) is 39.7 Å². The molecule has 21 heavy (non-hydrogen) atoms. The molecule has 0 bridgehead atoms. The summed E-state index contributed by atoms with van der Waals surface area (Å²) in [7, 11) is 0. The van der Waals surface area contributed by atoms with Gasteiger partial charge in [-0.25, -0.2) is 4.98 Å². The number of fused-ring (bicyclic) bond motifs is 3. The van der Waals surface area contributed by atoms with Crippen molar-refractivity contribution < 1.29 is 16.8 Å². The van der Waals surface area contributed by atoms with Crippen LogP contribution in [0.3, 0.4) is 0 Å². The van der Waals surface area contributed by atoms with E-state index in [9.17, 15) is 4.79 Å². The third kappa shape index (κ3) is 2.97. The van der Waals surface area contributed by atoms with Gasteiger partial charge in [0.05, 0.1) is 11.9 Å². The van der Waals surface area contributed by atoms with Gasteiger partial charge in [0.1, 0.15) is 5.52 Å². The van der Waals surface area contributed by atoms with Gasteiger partial charge in [-0.15, -0.1) is 4.68 Å². The zero-order valence-electron chi connectivity index (χ0n) is 11.8. The Bertz CT molecular complexity index is 834. The maximum atomic E-state index is 12.0. The SMILES string of the molecule is CC/C=C/CCn1c[n+]2c(n1)[nH]c(=O)c1ccccc12.[Cl-]. The summed E-state index contributed by atoms with van der Waals surface area (Å²) in [6, 6.07) is 7.54. The molecular formula is C15H17ClN4O. The van der Waals surface area contributed by atoms with E-state index in [1.54, 1.807) is 0 Å². The topological polar surface area (TPSA) is 54.8 Å². The summed E-state index contributed by atoms with van der Waals surface area (Å²) in [4.78, 5) is 14.8. The number of halogens is 1. The maximum Gasteiger partial charge on any atom is 0.389 e. The van der Waals surface area contributed by atoms with Crippen molar-refractivity contribution in [3.63, 3.8) is 0 Å². The molecule has 2 heterocycles. The number of rotatable bonds is 4. The van der Waals surface area contributed by atoms with Crippen LogP contribution in [0.4, 0.5) is 0 Å². The van der Waals surface area contributed by atoms with Gasteiger partial charge >= 0.3 is 11.3 Å². The number of benzene rings is 1. The summed E-state index contributed by atoms with van der Waals surface area (Å²) < 4.78 is 3.78. The van der Waals surface area contributed by atoms with Crippen LogP contribution >= 0.6 is 0 Å². The Hall–Kier alpha value is -2.14. The van der Waals surface area contributed by atoms with Gasteiger partial charge in [0, 0.05) is 5.10 Å². The molecule has 0 saturated carbocycles. The fraction of sp³-hybridized carbons (Fsp3) is 0.267. The molecule has 6 heteroatoms. The third-order valence-corrected chi connectivity index (χ3v) is 3.26. The lowest BCUT2D eigenvalue weighted by atomic mass is 10.2. The summed E-state index contributed by atoms with van der Waals surface area (Å²) in [6.45, 7) is 2.92. The van der Waals surface area contributed by atoms with Gasteiger partial charge in [-0.3, -0.25) is 4.79 Å². The van der Waals surface area contributed by atoms with Crippen molar-refractivity contribution in [1.82, 2.24) is 14.8 Å². The van der Waals surface area contributed by atoms with Crippen molar-refractivity contribution in [3.05, 3.63) is 53.1 Å². The first-order valence-corrected chi connectivity index (χ1v) is 6.84. The van der Waals surface area contributed by atoms with E-state index in [2.05, 4.69) is 29.2 Å². The van der Waals surface area contributed by atoms with E-state index in [4.69, 9.17) is 0 Å². The fourth-order valence-electron chi connectivity index (χ4n) is 2.29. The summed E-state index contributed by atoms with van der Waals surface area (Å²) in [5.74, 6) is 0.577. The first-order chi connectivity index (χ1) is 9.79. The predicted molar refractivity (Wildman–Crippen MR) is 77.6 cm³/mol. The van der Waals surface area contributed by atoms with E-state index < -0.39 is 0 Å². The number of nitrogens with one attached hydrogen (secondary N) is 1. The van der Waals surface area contributed by atoms with Crippen molar-refractivity contribution in [2.45, 2.75) is 26.3 Å². The largest absolute Gasteiger partial charge is 1.00 e.